The molecular weight excluding hydrogens is 406 g/mol. The third kappa shape index (κ3) is 6.29. The monoisotopic (exact) mass is 435 g/mol. The van der Waals surface area contributed by atoms with Gasteiger partial charge in [0.1, 0.15) is 4.21 Å². The van der Waals surface area contributed by atoms with E-state index in [4.69, 9.17) is 0 Å². The Morgan fingerprint density at radius 2 is 1.90 bits per heavy atom. The fraction of sp³-hybridized carbons (Fsp3) is 0.476. The average Bonchev–Trinajstić information content (AvgIpc) is 3.24. The lowest BCUT2D eigenvalue weighted by molar-refractivity contribution is -0.120. The maximum atomic E-state index is 12.3. The van der Waals surface area contributed by atoms with E-state index in [9.17, 15) is 13.2 Å². The van der Waals surface area contributed by atoms with Gasteiger partial charge in [-0.1, -0.05) is 25.1 Å². The van der Waals surface area contributed by atoms with E-state index in [1.807, 2.05) is 0 Å². The van der Waals surface area contributed by atoms with Gasteiger partial charge in [-0.2, -0.15) is 0 Å². The number of amides is 1. The number of carbonyl (C=O) groups excluding carboxylic acids is 1. The van der Waals surface area contributed by atoms with Crippen LogP contribution in [0.15, 0.2) is 46.0 Å². The van der Waals surface area contributed by atoms with Gasteiger partial charge in [0, 0.05) is 18.3 Å². The predicted octanol–water partition coefficient (Wildman–Crippen LogP) is 3.33. The van der Waals surface area contributed by atoms with Crippen LogP contribution in [-0.4, -0.2) is 44.9 Å². The molecule has 0 saturated carbocycles. The summed E-state index contributed by atoms with van der Waals surface area (Å²) in [6, 6.07) is 10.5. The molecule has 2 heterocycles. The van der Waals surface area contributed by atoms with Crippen LogP contribution in [0.25, 0.3) is 0 Å². The fourth-order valence-corrected chi connectivity index (χ4v) is 5.47. The average molecular weight is 436 g/mol. The number of rotatable bonds is 8. The second-order valence-electron chi connectivity index (χ2n) is 7.78. The smallest absolute Gasteiger partial charge is 0.271 e. The molecule has 29 heavy (non-hydrogen) atoms. The number of piperidine rings is 1. The maximum Gasteiger partial charge on any atom is 0.271 e. The highest BCUT2D eigenvalue weighted by atomic mass is 32.2. The third-order valence-corrected chi connectivity index (χ3v) is 8.15. The minimum atomic E-state index is -3.55. The van der Waals surface area contributed by atoms with Gasteiger partial charge in [-0.3, -0.25) is 14.4 Å². The molecule has 0 radical (unpaired) electrons. The zero-order valence-electron chi connectivity index (χ0n) is 16.9. The third-order valence-electron chi connectivity index (χ3n) is 5.37. The highest BCUT2D eigenvalue weighted by Gasteiger charge is 2.20. The Morgan fingerprint density at radius 1 is 1.21 bits per heavy atom. The highest BCUT2D eigenvalue weighted by Crippen LogP contribution is 2.21. The van der Waals surface area contributed by atoms with E-state index in [0.29, 0.717) is 18.3 Å². The number of nitrogens with zero attached hydrogens (tertiary/aromatic N) is 1. The van der Waals surface area contributed by atoms with Crippen LogP contribution >= 0.6 is 11.3 Å². The molecule has 1 unspecified atom stereocenters. The first kappa shape index (κ1) is 21.8. The molecule has 1 atom stereocenters. The van der Waals surface area contributed by atoms with Crippen LogP contribution in [0.4, 0.5) is 5.69 Å². The number of hydrogen-bond donors (Lipinski definition) is 2. The Labute approximate surface area is 177 Å². The van der Waals surface area contributed by atoms with Crippen molar-refractivity contribution in [3.05, 3.63) is 47.3 Å². The summed E-state index contributed by atoms with van der Waals surface area (Å²) in [6.45, 7) is 7.29. The molecule has 1 aromatic heterocycles. The van der Waals surface area contributed by atoms with Crippen LogP contribution in [-0.2, 0) is 21.2 Å². The lowest BCUT2D eigenvalue weighted by Crippen LogP contribution is -2.45. The summed E-state index contributed by atoms with van der Waals surface area (Å²) in [6.07, 6.45) is 2.73. The lowest BCUT2D eigenvalue weighted by atomic mass is 9.98. The number of nitrogens with one attached hydrogen (secondary N) is 2. The number of thiophene rings is 1. The summed E-state index contributed by atoms with van der Waals surface area (Å²) in [5.74, 6) is 0.778. The highest BCUT2D eigenvalue weighted by molar-refractivity contribution is 7.94. The Kier molecular flexibility index (Phi) is 7.32. The van der Waals surface area contributed by atoms with Crippen LogP contribution in [0, 0.1) is 5.92 Å². The number of benzene rings is 1. The minimum Gasteiger partial charge on any atom is -0.354 e. The van der Waals surface area contributed by atoms with Gasteiger partial charge in [0.25, 0.3) is 10.0 Å². The maximum absolute atomic E-state index is 12.3. The van der Waals surface area contributed by atoms with Crippen LogP contribution in [0.2, 0.25) is 0 Å². The zero-order valence-corrected chi connectivity index (χ0v) is 18.6. The molecule has 1 aliphatic rings. The molecule has 0 bridgehead atoms. The molecule has 1 aliphatic heterocycles. The van der Waals surface area contributed by atoms with Crippen molar-refractivity contribution in [3.63, 3.8) is 0 Å². The number of sulfonamides is 1. The summed E-state index contributed by atoms with van der Waals surface area (Å²) in [5, 5.41) is 4.75. The molecule has 8 heteroatoms. The summed E-state index contributed by atoms with van der Waals surface area (Å²) >= 11 is 1.17. The van der Waals surface area contributed by atoms with Crippen molar-refractivity contribution < 1.29 is 13.2 Å². The van der Waals surface area contributed by atoms with Crippen LogP contribution in [0.1, 0.15) is 32.3 Å². The molecule has 1 amide bonds. The van der Waals surface area contributed by atoms with Crippen molar-refractivity contribution in [3.8, 4) is 0 Å². The standard InChI is InChI=1S/C21H29N3O3S2/c1-16-9-11-24(12-10-16)17(2)15-22-20(25)14-18-5-7-19(8-6-18)23-29(26,27)21-4-3-13-28-21/h3-8,13,16-17,23H,9-12,14-15H2,1-2H3,(H,22,25). The molecular formula is C21H29N3O3S2. The Hall–Kier alpha value is -1.90. The zero-order chi connectivity index (χ0) is 20.9. The van der Waals surface area contributed by atoms with Gasteiger partial charge in [0.05, 0.1) is 6.42 Å². The van der Waals surface area contributed by atoms with Gasteiger partial charge >= 0.3 is 0 Å². The SMILES string of the molecule is CC1CCN(C(C)CNC(=O)Cc2ccc(NS(=O)(=O)c3cccs3)cc2)CC1. The first-order valence-electron chi connectivity index (χ1n) is 9.99. The van der Waals surface area contributed by atoms with Crippen molar-refractivity contribution in [1.29, 1.82) is 0 Å². The molecule has 0 aliphatic carbocycles. The molecule has 1 fully saturated rings. The Morgan fingerprint density at radius 3 is 2.52 bits per heavy atom. The summed E-state index contributed by atoms with van der Waals surface area (Å²) in [4.78, 5) is 14.7. The molecule has 6 nitrogen and oxygen atoms in total. The Balaban J connectivity index is 1.46. The van der Waals surface area contributed by atoms with Crippen molar-refractivity contribution in [1.82, 2.24) is 10.2 Å². The molecule has 158 valence electrons. The summed E-state index contributed by atoms with van der Waals surface area (Å²) in [7, 11) is -3.55. The van der Waals surface area contributed by atoms with Crippen LogP contribution in [0.3, 0.4) is 0 Å². The van der Waals surface area contributed by atoms with Crippen molar-refractivity contribution >= 4 is 33.0 Å². The van der Waals surface area contributed by atoms with Gasteiger partial charge < -0.3 is 5.32 Å². The second kappa shape index (κ2) is 9.73. The second-order valence-corrected chi connectivity index (χ2v) is 10.6. The van der Waals surface area contributed by atoms with Gasteiger partial charge in [-0.25, -0.2) is 8.42 Å². The van der Waals surface area contributed by atoms with Gasteiger partial charge in [0.15, 0.2) is 0 Å². The fourth-order valence-electron chi connectivity index (χ4n) is 3.42. The van der Waals surface area contributed by atoms with E-state index in [1.165, 1.54) is 24.2 Å². The molecule has 1 aromatic carbocycles. The van der Waals surface area contributed by atoms with E-state index in [1.54, 1.807) is 41.8 Å². The van der Waals surface area contributed by atoms with Crippen molar-refractivity contribution in [2.45, 2.75) is 43.4 Å². The number of hydrogen-bond acceptors (Lipinski definition) is 5. The topological polar surface area (TPSA) is 78.5 Å². The summed E-state index contributed by atoms with van der Waals surface area (Å²) in [5.41, 5.74) is 1.33. The molecule has 2 aromatic rings. The number of carbonyl (C=O) groups is 1. The van der Waals surface area contributed by atoms with Crippen molar-refractivity contribution in [2.75, 3.05) is 24.4 Å². The quantitative estimate of drug-likeness (QED) is 0.667. The van der Waals surface area contributed by atoms with Crippen molar-refractivity contribution in [2.24, 2.45) is 5.92 Å². The summed E-state index contributed by atoms with van der Waals surface area (Å²) < 4.78 is 27.3. The number of anilines is 1. The predicted molar refractivity (Wildman–Crippen MR) is 118 cm³/mol. The van der Waals surface area contributed by atoms with Crippen LogP contribution in [0.5, 0.6) is 0 Å². The molecule has 1 saturated heterocycles. The largest absolute Gasteiger partial charge is 0.354 e. The van der Waals surface area contributed by atoms with E-state index in [0.717, 1.165) is 24.6 Å². The van der Waals surface area contributed by atoms with Gasteiger partial charge in [0.2, 0.25) is 5.91 Å². The van der Waals surface area contributed by atoms with Gasteiger partial charge in [-0.15, -0.1) is 11.3 Å². The molecule has 0 spiro atoms. The van der Waals surface area contributed by atoms with E-state index in [2.05, 4.69) is 28.8 Å². The molecule has 2 N–H and O–H groups in total. The van der Waals surface area contributed by atoms with E-state index >= 15 is 0 Å². The van der Waals surface area contributed by atoms with Gasteiger partial charge in [-0.05, 0) is 67.9 Å². The molecule has 3 rings (SSSR count). The lowest BCUT2D eigenvalue weighted by Gasteiger charge is -2.35. The van der Waals surface area contributed by atoms with E-state index in [-0.39, 0.29) is 16.5 Å². The Bertz CT molecular complexity index is 888. The van der Waals surface area contributed by atoms with Crippen LogP contribution < -0.4 is 10.0 Å². The normalized spacial score (nSPS) is 17.0. The first-order valence-corrected chi connectivity index (χ1v) is 12.4. The van der Waals surface area contributed by atoms with E-state index < -0.39 is 10.0 Å². The number of likely N-dealkylation sites (tertiary alicyclic amines) is 1. The first-order chi connectivity index (χ1) is 13.8. The minimum absolute atomic E-state index is 0.0193.